The third-order valence-corrected chi connectivity index (χ3v) is 4.89. The molecule has 2 aromatic rings. The molecule has 1 aliphatic carbocycles. The molecule has 0 bridgehead atoms. The predicted molar refractivity (Wildman–Crippen MR) is 93.7 cm³/mol. The van der Waals surface area contributed by atoms with Gasteiger partial charge in [0.25, 0.3) is 0 Å². The summed E-state index contributed by atoms with van der Waals surface area (Å²) >= 11 is 0. The van der Waals surface area contributed by atoms with E-state index in [9.17, 15) is 14.7 Å². The molecule has 2 N–H and O–H groups in total. The Hall–Kier alpha value is -2.36. The van der Waals surface area contributed by atoms with E-state index in [1.165, 1.54) is 19.3 Å². The highest BCUT2D eigenvalue weighted by molar-refractivity contribution is 5.84. The lowest BCUT2D eigenvalue weighted by Crippen LogP contribution is -2.30. The van der Waals surface area contributed by atoms with Gasteiger partial charge in [0, 0.05) is 6.42 Å². The number of carbonyl (C=O) groups excluding carboxylic acids is 1. The molecule has 24 heavy (non-hydrogen) atoms. The van der Waals surface area contributed by atoms with Crippen molar-refractivity contribution in [1.29, 1.82) is 0 Å². The van der Waals surface area contributed by atoms with Gasteiger partial charge in [0.05, 0.1) is 12.5 Å². The number of carboxylic acids is 1. The molecule has 0 aromatic heterocycles. The van der Waals surface area contributed by atoms with Crippen LogP contribution in [0.3, 0.4) is 0 Å². The maximum absolute atomic E-state index is 12.2. The first-order valence-electron chi connectivity index (χ1n) is 8.61. The number of aliphatic carboxylic acids is 1. The summed E-state index contributed by atoms with van der Waals surface area (Å²) in [6.45, 7) is 0. The van der Waals surface area contributed by atoms with Crippen LogP contribution in [-0.4, -0.2) is 17.0 Å². The lowest BCUT2D eigenvalue weighted by Gasteiger charge is -2.25. The number of nitrogens with one attached hydrogen (secondary N) is 1. The average Bonchev–Trinajstić information content (AvgIpc) is 2.52. The smallest absolute Gasteiger partial charge is 0.305 e. The first-order chi connectivity index (χ1) is 11.6. The zero-order valence-corrected chi connectivity index (χ0v) is 13.7. The number of carbonyl (C=O) groups is 2. The summed E-state index contributed by atoms with van der Waals surface area (Å²) in [7, 11) is 0. The Balaban J connectivity index is 1.71. The third-order valence-electron chi connectivity index (χ3n) is 4.89. The number of carboxylic acid groups (broad SMARTS) is 1. The second kappa shape index (κ2) is 7.47. The molecule has 126 valence electrons. The van der Waals surface area contributed by atoms with Crippen LogP contribution in [0.4, 0.5) is 0 Å². The molecule has 1 saturated carbocycles. The van der Waals surface area contributed by atoms with Gasteiger partial charge in [-0.25, -0.2) is 0 Å². The Bertz CT molecular complexity index is 736. The van der Waals surface area contributed by atoms with Gasteiger partial charge in [-0.05, 0) is 34.7 Å². The molecule has 1 aliphatic rings. The molecule has 1 fully saturated rings. The minimum Gasteiger partial charge on any atom is -0.481 e. The summed E-state index contributed by atoms with van der Waals surface area (Å²) < 4.78 is 0. The van der Waals surface area contributed by atoms with Crippen molar-refractivity contribution in [3.8, 4) is 0 Å². The molecular weight excluding hydrogens is 302 g/mol. The van der Waals surface area contributed by atoms with Gasteiger partial charge < -0.3 is 10.4 Å². The number of amides is 1. The van der Waals surface area contributed by atoms with Crippen LogP contribution in [0, 0.1) is 5.92 Å². The normalized spacial score (nSPS) is 15.7. The second-order valence-electron chi connectivity index (χ2n) is 6.66. The van der Waals surface area contributed by atoms with Crippen LogP contribution in [0.2, 0.25) is 0 Å². The Morgan fingerprint density at radius 2 is 1.88 bits per heavy atom. The Morgan fingerprint density at radius 1 is 1.12 bits per heavy atom. The molecule has 0 unspecified atom stereocenters. The van der Waals surface area contributed by atoms with Gasteiger partial charge in [0.1, 0.15) is 0 Å². The summed E-state index contributed by atoms with van der Waals surface area (Å²) in [4.78, 5) is 23.4. The van der Waals surface area contributed by atoms with Crippen LogP contribution in [0.1, 0.15) is 50.1 Å². The standard InChI is InChI=1S/C20H23NO3/c22-19(11-8-14-4-3-5-14)21-18(13-20(23)24)17-10-9-15-6-1-2-7-16(15)12-17/h1-2,6-7,9-10,12,14,18H,3-5,8,11,13H2,(H,21,22)(H,23,24)/t18-/m0/s1. The Morgan fingerprint density at radius 3 is 2.54 bits per heavy atom. The molecule has 1 amide bonds. The average molecular weight is 325 g/mol. The second-order valence-corrected chi connectivity index (χ2v) is 6.66. The van der Waals surface area contributed by atoms with Gasteiger partial charge in [-0.2, -0.15) is 0 Å². The molecule has 3 rings (SSSR count). The fraction of sp³-hybridized carbons (Fsp3) is 0.400. The maximum atomic E-state index is 12.2. The fourth-order valence-electron chi connectivity index (χ4n) is 3.23. The van der Waals surface area contributed by atoms with Crippen LogP contribution >= 0.6 is 0 Å². The van der Waals surface area contributed by atoms with Crippen LogP contribution in [0.5, 0.6) is 0 Å². The van der Waals surface area contributed by atoms with Crippen molar-refractivity contribution in [1.82, 2.24) is 5.32 Å². The van der Waals surface area contributed by atoms with Gasteiger partial charge in [-0.15, -0.1) is 0 Å². The van der Waals surface area contributed by atoms with Gasteiger partial charge >= 0.3 is 5.97 Å². The molecule has 4 nitrogen and oxygen atoms in total. The highest BCUT2D eigenvalue weighted by atomic mass is 16.4. The summed E-state index contributed by atoms with van der Waals surface area (Å²) in [6.07, 6.45) is 4.99. The van der Waals surface area contributed by atoms with E-state index in [0.717, 1.165) is 22.8 Å². The quantitative estimate of drug-likeness (QED) is 0.807. The minimum atomic E-state index is -0.910. The minimum absolute atomic E-state index is 0.0543. The monoisotopic (exact) mass is 325 g/mol. The van der Waals surface area contributed by atoms with Crippen molar-refractivity contribution in [3.63, 3.8) is 0 Å². The highest BCUT2D eigenvalue weighted by Crippen LogP contribution is 2.30. The Kier molecular flexibility index (Phi) is 5.14. The van der Waals surface area contributed by atoms with Crippen molar-refractivity contribution in [3.05, 3.63) is 48.0 Å². The molecule has 0 saturated heterocycles. The molecule has 4 heteroatoms. The molecular formula is C20H23NO3. The van der Waals surface area contributed by atoms with Gasteiger partial charge in [0.15, 0.2) is 0 Å². The van der Waals surface area contributed by atoms with Crippen LogP contribution in [0.15, 0.2) is 42.5 Å². The lowest BCUT2D eigenvalue weighted by atomic mass is 9.82. The first kappa shape index (κ1) is 16.5. The van der Waals surface area contributed by atoms with E-state index >= 15 is 0 Å². The summed E-state index contributed by atoms with van der Waals surface area (Å²) in [5.41, 5.74) is 0.841. The summed E-state index contributed by atoms with van der Waals surface area (Å²) in [6, 6.07) is 13.3. The maximum Gasteiger partial charge on any atom is 0.305 e. The number of fused-ring (bicyclic) bond motifs is 1. The van der Waals surface area contributed by atoms with E-state index in [-0.39, 0.29) is 12.3 Å². The van der Waals surface area contributed by atoms with Gasteiger partial charge in [-0.3, -0.25) is 9.59 Å². The predicted octanol–water partition coefficient (Wildman–Crippen LogP) is 4.05. The van der Waals surface area contributed by atoms with E-state index in [0.29, 0.717) is 12.3 Å². The van der Waals surface area contributed by atoms with Crippen LogP contribution < -0.4 is 5.32 Å². The third kappa shape index (κ3) is 4.13. The zero-order chi connectivity index (χ0) is 16.9. The molecule has 1 atom stereocenters. The van der Waals surface area contributed by atoms with Crippen molar-refractivity contribution in [2.45, 2.75) is 44.6 Å². The highest BCUT2D eigenvalue weighted by Gasteiger charge is 2.21. The van der Waals surface area contributed by atoms with Crippen molar-refractivity contribution in [2.24, 2.45) is 5.92 Å². The number of benzene rings is 2. The first-order valence-corrected chi connectivity index (χ1v) is 8.61. The molecule has 0 radical (unpaired) electrons. The van der Waals surface area contributed by atoms with Crippen molar-refractivity contribution in [2.75, 3.05) is 0 Å². The van der Waals surface area contributed by atoms with Gasteiger partial charge in [-0.1, -0.05) is 55.7 Å². The van der Waals surface area contributed by atoms with Crippen molar-refractivity contribution < 1.29 is 14.7 Å². The van der Waals surface area contributed by atoms with Crippen LogP contribution in [-0.2, 0) is 9.59 Å². The molecule has 2 aromatic carbocycles. The molecule has 0 heterocycles. The molecule has 0 aliphatic heterocycles. The van der Waals surface area contributed by atoms with Crippen molar-refractivity contribution >= 4 is 22.6 Å². The largest absolute Gasteiger partial charge is 0.481 e. The number of rotatable bonds is 7. The van der Waals surface area contributed by atoms with E-state index in [1.54, 1.807) is 0 Å². The topological polar surface area (TPSA) is 66.4 Å². The SMILES string of the molecule is O=C(O)C[C@H](NC(=O)CCC1CCC1)c1ccc2ccccc2c1. The van der Waals surface area contributed by atoms with Crippen LogP contribution in [0.25, 0.3) is 10.8 Å². The summed E-state index contributed by atoms with van der Waals surface area (Å²) in [5.74, 6) is -0.289. The summed E-state index contributed by atoms with van der Waals surface area (Å²) in [5, 5.41) is 14.3. The Labute approximate surface area is 141 Å². The lowest BCUT2D eigenvalue weighted by molar-refractivity contribution is -0.137. The van der Waals surface area contributed by atoms with E-state index < -0.39 is 12.0 Å². The number of hydrogen-bond donors (Lipinski definition) is 2. The van der Waals surface area contributed by atoms with Gasteiger partial charge in [0.2, 0.25) is 5.91 Å². The molecule has 0 spiro atoms. The van der Waals surface area contributed by atoms with E-state index in [1.807, 2.05) is 42.5 Å². The zero-order valence-electron chi connectivity index (χ0n) is 13.7. The number of hydrogen-bond acceptors (Lipinski definition) is 2. The van der Waals surface area contributed by atoms with E-state index in [2.05, 4.69) is 5.32 Å². The fourth-order valence-corrected chi connectivity index (χ4v) is 3.23. The van der Waals surface area contributed by atoms with E-state index in [4.69, 9.17) is 0 Å².